The van der Waals surface area contributed by atoms with E-state index in [0.717, 1.165) is 59.3 Å². The van der Waals surface area contributed by atoms with Crippen LogP contribution in [0.15, 0.2) is 30.3 Å². The average molecular weight is 319 g/mol. The number of hydrogen-bond donors (Lipinski definition) is 0. The Morgan fingerprint density at radius 3 is 2.79 bits per heavy atom. The highest BCUT2D eigenvalue weighted by molar-refractivity contribution is 5.91. The van der Waals surface area contributed by atoms with Crippen molar-refractivity contribution in [1.82, 2.24) is 29.4 Å². The van der Waals surface area contributed by atoms with E-state index in [0.29, 0.717) is 0 Å². The third-order valence-electron chi connectivity index (χ3n) is 4.47. The first-order chi connectivity index (χ1) is 11.7. The number of fused-ring (bicyclic) bond motifs is 4. The predicted octanol–water partition coefficient (Wildman–Crippen LogP) is 2.11. The van der Waals surface area contributed by atoms with Gasteiger partial charge in [-0.05, 0) is 26.0 Å². The Bertz CT molecular complexity index is 1080. The van der Waals surface area contributed by atoms with Gasteiger partial charge in [0.05, 0.1) is 24.3 Å². The maximum atomic E-state index is 4.90. The number of anilines is 1. The lowest BCUT2D eigenvalue weighted by Crippen LogP contribution is -2.35. The highest BCUT2D eigenvalue weighted by Crippen LogP contribution is 2.28. The molecule has 7 nitrogen and oxygen atoms in total. The summed E-state index contributed by atoms with van der Waals surface area (Å²) in [5.41, 5.74) is 2.93. The Morgan fingerprint density at radius 2 is 1.88 bits per heavy atom. The second-order valence-electron chi connectivity index (χ2n) is 6.23. The van der Waals surface area contributed by atoms with Gasteiger partial charge in [-0.1, -0.05) is 12.1 Å². The number of para-hydroxylation sites is 1. The van der Waals surface area contributed by atoms with Crippen LogP contribution in [0.2, 0.25) is 0 Å². The number of rotatable bonds is 1. The zero-order valence-corrected chi connectivity index (χ0v) is 13.6. The normalized spacial score (nSPS) is 14.5. The van der Waals surface area contributed by atoms with Gasteiger partial charge in [-0.3, -0.25) is 0 Å². The van der Waals surface area contributed by atoms with Crippen LogP contribution in [-0.2, 0) is 13.1 Å². The van der Waals surface area contributed by atoms with Crippen LogP contribution in [0.25, 0.3) is 16.6 Å². The summed E-state index contributed by atoms with van der Waals surface area (Å²) >= 11 is 0. The van der Waals surface area contributed by atoms with E-state index in [1.54, 1.807) is 0 Å². The summed E-state index contributed by atoms with van der Waals surface area (Å²) in [6.45, 7) is 6.35. The third kappa shape index (κ3) is 1.90. The lowest BCUT2D eigenvalue weighted by Gasteiger charge is -2.28. The molecule has 0 atom stereocenters. The Kier molecular flexibility index (Phi) is 2.68. The van der Waals surface area contributed by atoms with Gasteiger partial charge in [0.15, 0.2) is 5.65 Å². The van der Waals surface area contributed by atoms with E-state index in [1.165, 1.54) is 0 Å². The van der Waals surface area contributed by atoms with Crippen LogP contribution in [0.4, 0.5) is 5.82 Å². The molecule has 1 aliphatic heterocycles. The Hall–Kier alpha value is -2.96. The smallest absolute Gasteiger partial charge is 0.158 e. The average Bonchev–Trinajstić information content (AvgIpc) is 3.14. The van der Waals surface area contributed by atoms with Crippen molar-refractivity contribution in [3.8, 4) is 0 Å². The van der Waals surface area contributed by atoms with Crippen molar-refractivity contribution in [1.29, 1.82) is 0 Å². The molecule has 1 aliphatic rings. The Morgan fingerprint density at radius 1 is 1.00 bits per heavy atom. The van der Waals surface area contributed by atoms with Crippen molar-refractivity contribution in [2.45, 2.75) is 26.9 Å². The largest absolute Gasteiger partial charge is 0.347 e. The van der Waals surface area contributed by atoms with Crippen LogP contribution >= 0.6 is 0 Å². The fourth-order valence-electron chi connectivity index (χ4n) is 3.44. The first kappa shape index (κ1) is 13.5. The molecule has 0 bridgehead atoms. The summed E-state index contributed by atoms with van der Waals surface area (Å²) < 4.78 is 3.92. The minimum absolute atomic E-state index is 0.723. The molecule has 0 saturated carbocycles. The molecular formula is C17H17N7. The van der Waals surface area contributed by atoms with Gasteiger partial charge in [0.1, 0.15) is 17.5 Å². The van der Waals surface area contributed by atoms with Crippen molar-refractivity contribution in [2.75, 3.05) is 11.4 Å². The van der Waals surface area contributed by atoms with Crippen molar-refractivity contribution >= 4 is 22.4 Å². The van der Waals surface area contributed by atoms with Gasteiger partial charge in [0.25, 0.3) is 0 Å². The molecule has 0 radical (unpaired) electrons. The van der Waals surface area contributed by atoms with Crippen LogP contribution in [0.3, 0.4) is 0 Å². The molecule has 4 aromatic rings. The molecule has 0 unspecified atom stereocenters. The second-order valence-corrected chi connectivity index (χ2v) is 6.23. The number of nitrogens with zero attached hydrogens (tertiary/aromatic N) is 7. The highest BCUT2D eigenvalue weighted by Gasteiger charge is 2.22. The van der Waals surface area contributed by atoms with Gasteiger partial charge < -0.3 is 4.90 Å². The number of aryl methyl sites for hydroxylation is 2. The molecule has 120 valence electrons. The van der Waals surface area contributed by atoms with E-state index in [4.69, 9.17) is 4.98 Å². The van der Waals surface area contributed by atoms with Crippen molar-refractivity contribution < 1.29 is 0 Å². The molecule has 4 heterocycles. The molecule has 7 heteroatoms. The standard InChI is InChI=1S/C17H17N7/c1-11-9-15-19-17(13-5-3-4-6-14(13)24(15)20-11)22-7-8-23-16(10-22)18-12(2)21-23/h3-6,9H,7-8,10H2,1-2H3. The molecule has 0 amide bonds. The predicted molar refractivity (Wildman–Crippen MR) is 91.0 cm³/mol. The van der Waals surface area contributed by atoms with Crippen LogP contribution in [-0.4, -0.2) is 35.9 Å². The Balaban J connectivity index is 1.71. The number of aromatic nitrogens is 6. The molecule has 5 rings (SSSR count). The zero-order valence-electron chi connectivity index (χ0n) is 13.6. The minimum Gasteiger partial charge on any atom is -0.347 e. The van der Waals surface area contributed by atoms with E-state index in [1.807, 2.05) is 41.2 Å². The molecule has 0 N–H and O–H groups in total. The molecule has 24 heavy (non-hydrogen) atoms. The van der Waals surface area contributed by atoms with Gasteiger partial charge in [-0.25, -0.2) is 19.2 Å². The molecule has 0 spiro atoms. The van der Waals surface area contributed by atoms with Gasteiger partial charge in [-0.15, -0.1) is 0 Å². The molecule has 0 aliphatic carbocycles. The van der Waals surface area contributed by atoms with E-state index in [9.17, 15) is 0 Å². The first-order valence-corrected chi connectivity index (χ1v) is 8.09. The summed E-state index contributed by atoms with van der Waals surface area (Å²) in [4.78, 5) is 11.7. The van der Waals surface area contributed by atoms with Crippen molar-refractivity contribution in [2.24, 2.45) is 0 Å². The van der Waals surface area contributed by atoms with Gasteiger partial charge in [0, 0.05) is 18.0 Å². The monoisotopic (exact) mass is 319 g/mol. The molecule has 0 saturated heterocycles. The van der Waals surface area contributed by atoms with Crippen LogP contribution < -0.4 is 4.90 Å². The maximum Gasteiger partial charge on any atom is 0.158 e. The summed E-state index contributed by atoms with van der Waals surface area (Å²) in [5.74, 6) is 2.81. The summed E-state index contributed by atoms with van der Waals surface area (Å²) in [7, 11) is 0. The topological polar surface area (TPSA) is 64.1 Å². The zero-order chi connectivity index (χ0) is 16.3. The lowest BCUT2D eigenvalue weighted by molar-refractivity contribution is 0.510. The van der Waals surface area contributed by atoms with Crippen LogP contribution in [0.1, 0.15) is 17.3 Å². The molecular weight excluding hydrogens is 302 g/mol. The second kappa shape index (κ2) is 4.77. The maximum absolute atomic E-state index is 4.90. The lowest BCUT2D eigenvalue weighted by atomic mass is 10.2. The quantitative estimate of drug-likeness (QED) is 0.538. The van der Waals surface area contributed by atoms with Crippen LogP contribution in [0.5, 0.6) is 0 Å². The summed E-state index contributed by atoms with van der Waals surface area (Å²) in [6.07, 6.45) is 0. The van der Waals surface area contributed by atoms with Crippen molar-refractivity contribution in [3.05, 3.63) is 47.7 Å². The van der Waals surface area contributed by atoms with E-state index in [2.05, 4.69) is 32.2 Å². The number of benzene rings is 1. The van der Waals surface area contributed by atoms with Gasteiger partial charge in [-0.2, -0.15) is 10.2 Å². The first-order valence-electron chi connectivity index (χ1n) is 8.09. The fourth-order valence-corrected chi connectivity index (χ4v) is 3.44. The third-order valence-corrected chi connectivity index (χ3v) is 4.47. The van der Waals surface area contributed by atoms with E-state index in [-0.39, 0.29) is 0 Å². The molecule has 3 aromatic heterocycles. The highest BCUT2D eigenvalue weighted by atomic mass is 15.4. The fraction of sp³-hybridized carbons (Fsp3) is 0.294. The summed E-state index contributed by atoms with van der Waals surface area (Å²) in [6, 6.07) is 10.3. The molecule has 0 fully saturated rings. The van der Waals surface area contributed by atoms with Gasteiger partial charge >= 0.3 is 0 Å². The SMILES string of the molecule is Cc1cc2nc(N3CCn4nc(C)nc4C3)c3ccccc3n2n1. The number of hydrogen-bond acceptors (Lipinski definition) is 5. The summed E-state index contributed by atoms with van der Waals surface area (Å²) in [5, 5.41) is 10.1. The van der Waals surface area contributed by atoms with E-state index >= 15 is 0 Å². The van der Waals surface area contributed by atoms with Gasteiger partial charge in [0.2, 0.25) is 0 Å². The van der Waals surface area contributed by atoms with Crippen LogP contribution in [0, 0.1) is 13.8 Å². The van der Waals surface area contributed by atoms with E-state index < -0.39 is 0 Å². The van der Waals surface area contributed by atoms with Crippen molar-refractivity contribution in [3.63, 3.8) is 0 Å². The molecule has 1 aromatic carbocycles. The minimum atomic E-state index is 0.723. The Labute approximate surface area is 138 Å².